The standard InChI is InChI=1S/C18H15F2N3OS/c19-17(20)11-24-15-8-6-13(7-9-15)10-21-23-18-22-16(12-25-18)14-4-2-1-3-5-14/h1-10,12,17H,11H2,(H,22,23). The van der Waals surface area contributed by atoms with Crippen molar-refractivity contribution in [2.24, 2.45) is 5.10 Å². The van der Waals surface area contributed by atoms with E-state index in [1.54, 1.807) is 30.5 Å². The van der Waals surface area contributed by atoms with Gasteiger partial charge in [-0.2, -0.15) is 5.10 Å². The molecule has 1 N–H and O–H groups in total. The topological polar surface area (TPSA) is 46.5 Å². The molecule has 25 heavy (non-hydrogen) atoms. The highest BCUT2D eigenvalue weighted by Crippen LogP contribution is 2.24. The minimum atomic E-state index is -2.48. The predicted molar refractivity (Wildman–Crippen MR) is 96.7 cm³/mol. The fourth-order valence-corrected chi connectivity index (χ4v) is 2.71. The third-order valence-electron chi connectivity index (χ3n) is 3.20. The van der Waals surface area contributed by atoms with Crippen LogP contribution in [0.1, 0.15) is 5.56 Å². The van der Waals surface area contributed by atoms with Crippen molar-refractivity contribution in [3.05, 3.63) is 65.5 Å². The molecule has 0 aliphatic carbocycles. The normalized spacial score (nSPS) is 11.2. The van der Waals surface area contributed by atoms with Crippen molar-refractivity contribution < 1.29 is 13.5 Å². The molecular formula is C18H15F2N3OS. The Morgan fingerprint density at radius 3 is 2.60 bits per heavy atom. The number of aromatic nitrogens is 1. The second kappa shape index (κ2) is 8.34. The molecule has 0 radical (unpaired) electrons. The zero-order valence-corrected chi connectivity index (χ0v) is 13.9. The highest BCUT2D eigenvalue weighted by molar-refractivity contribution is 7.14. The van der Waals surface area contributed by atoms with Crippen LogP contribution in [0.3, 0.4) is 0 Å². The van der Waals surface area contributed by atoms with E-state index in [0.717, 1.165) is 16.8 Å². The number of alkyl halides is 2. The molecule has 3 aromatic rings. The van der Waals surface area contributed by atoms with Crippen LogP contribution >= 0.6 is 11.3 Å². The van der Waals surface area contributed by atoms with Gasteiger partial charge < -0.3 is 4.74 Å². The molecule has 0 aliphatic rings. The first-order valence-corrected chi connectivity index (χ1v) is 8.40. The second-order valence-electron chi connectivity index (χ2n) is 5.05. The minimum Gasteiger partial charge on any atom is -0.488 e. The van der Waals surface area contributed by atoms with Crippen molar-refractivity contribution >= 4 is 22.7 Å². The molecule has 1 heterocycles. The summed E-state index contributed by atoms with van der Waals surface area (Å²) >= 11 is 1.46. The van der Waals surface area contributed by atoms with Gasteiger partial charge in [0.05, 0.1) is 11.9 Å². The van der Waals surface area contributed by atoms with Gasteiger partial charge in [-0.25, -0.2) is 13.8 Å². The van der Waals surface area contributed by atoms with Crippen molar-refractivity contribution in [1.82, 2.24) is 4.98 Å². The molecule has 0 aliphatic heterocycles. The fourth-order valence-electron chi connectivity index (χ4n) is 2.04. The summed E-state index contributed by atoms with van der Waals surface area (Å²) in [5, 5.41) is 6.78. The first-order chi connectivity index (χ1) is 12.2. The molecule has 128 valence electrons. The van der Waals surface area contributed by atoms with E-state index in [4.69, 9.17) is 4.74 Å². The Morgan fingerprint density at radius 1 is 1.12 bits per heavy atom. The lowest BCUT2D eigenvalue weighted by atomic mass is 10.2. The number of anilines is 1. The number of hydrazone groups is 1. The molecular weight excluding hydrogens is 344 g/mol. The summed E-state index contributed by atoms with van der Waals surface area (Å²) in [5.74, 6) is 0.401. The van der Waals surface area contributed by atoms with E-state index < -0.39 is 13.0 Å². The van der Waals surface area contributed by atoms with E-state index in [2.05, 4.69) is 15.5 Å². The summed E-state index contributed by atoms with van der Waals surface area (Å²) in [6.45, 7) is -0.608. The van der Waals surface area contributed by atoms with Gasteiger partial charge in [0.15, 0.2) is 0 Å². The number of hydrogen-bond acceptors (Lipinski definition) is 5. The summed E-state index contributed by atoms with van der Waals surface area (Å²) in [5.41, 5.74) is 5.64. The third-order valence-corrected chi connectivity index (χ3v) is 3.95. The SMILES string of the molecule is FC(F)COc1ccc(C=NNc2nc(-c3ccccc3)cs2)cc1. The quantitative estimate of drug-likeness (QED) is 0.482. The zero-order valence-electron chi connectivity index (χ0n) is 13.1. The lowest BCUT2D eigenvalue weighted by molar-refractivity contribution is 0.0819. The summed E-state index contributed by atoms with van der Waals surface area (Å²) in [7, 11) is 0. The van der Waals surface area contributed by atoms with Gasteiger partial charge in [0.2, 0.25) is 5.13 Å². The van der Waals surface area contributed by atoms with Crippen LogP contribution < -0.4 is 10.2 Å². The van der Waals surface area contributed by atoms with Gasteiger partial charge in [-0.15, -0.1) is 11.3 Å². The third kappa shape index (κ3) is 5.09. The average molecular weight is 359 g/mol. The first-order valence-electron chi connectivity index (χ1n) is 7.52. The molecule has 1 aromatic heterocycles. The molecule has 0 amide bonds. The van der Waals surface area contributed by atoms with Crippen LogP contribution in [0.4, 0.5) is 13.9 Å². The highest BCUT2D eigenvalue weighted by Gasteiger charge is 2.04. The molecule has 0 bridgehead atoms. The van der Waals surface area contributed by atoms with Crippen LogP contribution in [0.15, 0.2) is 65.1 Å². The maximum Gasteiger partial charge on any atom is 0.272 e. The van der Waals surface area contributed by atoms with Crippen LogP contribution in [0, 0.1) is 0 Å². The molecule has 0 unspecified atom stereocenters. The number of benzene rings is 2. The largest absolute Gasteiger partial charge is 0.488 e. The van der Waals surface area contributed by atoms with E-state index in [0.29, 0.717) is 10.9 Å². The van der Waals surface area contributed by atoms with Crippen molar-refractivity contribution in [2.75, 3.05) is 12.0 Å². The van der Waals surface area contributed by atoms with Crippen LogP contribution in [-0.4, -0.2) is 24.2 Å². The summed E-state index contributed by atoms with van der Waals surface area (Å²) in [6, 6.07) is 16.6. The van der Waals surface area contributed by atoms with Crippen molar-refractivity contribution in [2.45, 2.75) is 6.43 Å². The number of ether oxygens (including phenoxy) is 1. The van der Waals surface area contributed by atoms with Crippen molar-refractivity contribution in [3.63, 3.8) is 0 Å². The van der Waals surface area contributed by atoms with Gasteiger partial charge in [-0.1, -0.05) is 30.3 Å². The average Bonchev–Trinajstić information content (AvgIpc) is 3.11. The Morgan fingerprint density at radius 2 is 1.88 bits per heavy atom. The van der Waals surface area contributed by atoms with Crippen molar-refractivity contribution in [3.8, 4) is 17.0 Å². The number of nitrogens with zero attached hydrogens (tertiary/aromatic N) is 2. The minimum absolute atomic E-state index is 0.401. The monoisotopic (exact) mass is 359 g/mol. The first kappa shape index (κ1) is 17.0. The van der Waals surface area contributed by atoms with E-state index in [1.165, 1.54) is 11.3 Å². The maximum atomic E-state index is 12.1. The Bertz CT molecular complexity index is 820. The van der Waals surface area contributed by atoms with Crippen LogP contribution in [0.5, 0.6) is 5.75 Å². The molecule has 2 aromatic carbocycles. The lowest BCUT2D eigenvalue weighted by Gasteiger charge is -2.04. The van der Waals surface area contributed by atoms with Gasteiger partial charge in [0.1, 0.15) is 12.4 Å². The van der Waals surface area contributed by atoms with Crippen LogP contribution in [0.25, 0.3) is 11.3 Å². The number of nitrogens with one attached hydrogen (secondary N) is 1. The smallest absolute Gasteiger partial charge is 0.272 e. The zero-order chi connectivity index (χ0) is 17.5. The van der Waals surface area contributed by atoms with E-state index in [9.17, 15) is 8.78 Å². The molecule has 3 rings (SSSR count). The van der Waals surface area contributed by atoms with Gasteiger partial charge in [-0.3, -0.25) is 5.43 Å². The van der Waals surface area contributed by atoms with Crippen LogP contribution in [-0.2, 0) is 0 Å². The van der Waals surface area contributed by atoms with E-state index in [-0.39, 0.29) is 0 Å². The molecule has 0 atom stereocenters. The molecule has 4 nitrogen and oxygen atoms in total. The summed E-state index contributed by atoms with van der Waals surface area (Å²) in [4.78, 5) is 4.47. The highest BCUT2D eigenvalue weighted by atomic mass is 32.1. The molecule has 0 spiro atoms. The number of rotatable bonds is 7. The Labute approximate surface area is 147 Å². The molecule has 0 saturated carbocycles. The molecule has 0 fully saturated rings. The Kier molecular flexibility index (Phi) is 5.69. The van der Waals surface area contributed by atoms with Crippen molar-refractivity contribution in [1.29, 1.82) is 0 Å². The number of halogens is 2. The lowest BCUT2D eigenvalue weighted by Crippen LogP contribution is -2.06. The molecule has 0 saturated heterocycles. The second-order valence-corrected chi connectivity index (χ2v) is 5.90. The van der Waals surface area contributed by atoms with E-state index in [1.807, 2.05) is 35.7 Å². The predicted octanol–water partition coefficient (Wildman–Crippen LogP) is 4.90. The maximum absolute atomic E-state index is 12.1. The Hall–Kier alpha value is -2.80. The van der Waals surface area contributed by atoms with Crippen LogP contribution in [0.2, 0.25) is 0 Å². The van der Waals surface area contributed by atoms with Gasteiger partial charge in [0.25, 0.3) is 6.43 Å². The van der Waals surface area contributed by atoms with Gasteiger partial charge in [-0.05, 0) is 29.8 Å². The van der Waals surface area contributed by atoms with Gasteiger partial charge in [0, 0.05) is 10.9 Å². The number of hydrogen-bond donors (Lipinski definition) is 1. The Balaban J connectivity index is 1.55. The molecule has 7 heteroatoms. The number of thiazole rings is 1. The summed E-state index contributed by atoms with van der Waals surface area (Å²) in [6.07, 6.45) is -0.856. The fraction of sp³-hybridized carbons (Fsp3) is 0.111. The summed E-state index contributed by atoms with van der Waals surface area (Å²) < 4.78 is 29.1. The van der Waals surface area contributed by atoms with Gasteiger partial charge >= 0.3 is 0 Å². The van der Waals surface area contributed by atoms with E-state index >= 15 is 0 Å².